The van der Waals surface area contributed by atoms with Gasteiger partial charge in [-0.1, -0.05) is 0 Å². The molecule has 0 fully saturated rings. The maximum absolute atomic E-state index is 11.9. The quantitative estimate of drug-likeness (QED) is 0.624. The molecule has 0 aliphatic rings. The van der Waals surface area contributed by atoms with E-state index in [4.69, 9.17) is 0 Å². The third-order valence-electron chi connectivity index (χ3n) is 2.71. The summed E-state index contributed by atoms with van der Waals surface area (Å²) < 4.78 is 10.7. The summed E-state index contributed by atoms with van der Waals surface area (Å²) >= 11 is -0.0874. The summed E-state index contributed by atoms with van der Waals surface area (Å²) in [5.41, 5.74) is 2.63. The molecule has 3 rings (SSSR count). The van der Waals surface area contributed by atoms with E-state index in [-0.39, 0.29) is 20.4 Å². The first-order valence-corrected chi connectivity index (χ1v) is 6.59. The number of rotatable bonds is 1. The van der Waals surface area contributed by atoms with Gasteiger partial charge in [-0.2, -0.15) is 0 Å². The van der Waals surface area contributed by atoms with E-state index in [9.17, 15) is 4.79 Å². The van der Waals surface area contributed by atoms with E-state index in [0.717, 1.165) is 23.1 Å². The number of nitrogens with zero attached hydrogens (tertiary/aromatic N) is 3. The van der Waals surface area contributed by atoms with E-state index in [2.05, 4.69) is 19.4 Å². The number of hydrogen-bond donors (Lipinski definition) is 0. The molecule has 0 saturated carbocycles. The predicted octanol–water partition coefficient (Wildman–Crippen LogP) is 1.02. The summed E-state index contributed by atoms with van der Waals surface area (Å²) in [6.45, 7) is 2.90. The number of benzene rings is 1. The molecule has 4 nitrogen and oxygen atoms in total. The molecule has 0 bridgehead atoms. The second-order valence-corrected chi connectivity index (χ2v) is 4.67. The molecule has 2 heterocycles. The SMILES string of the molecule is CCn1ccc(=O)c2c3n[se]nc3ccc21. The molecule has 0 aliphatic heterocycles. The molecule has 0 N–H and O–H groups in total. The van der Waals surface area contributed by atoms with Crippen LogP contribution in [0.1, 0.15) is 6.92 Å². The van der Waals surface area contributed by atoms with E-state index in [1.54, 1.807) is 6.07 Å². The van der Waals surface area contributed by atoms with Crippen molar-refractivity contribution in [3.05, 3.63) is 34.6 Å². The average molecular weight is 278 g/mol. The summed E-state index contributed by atoms with van der Waals surface area (Å²) in [7, 11) is 0. The molecule has 2 aromatic heterocycles. The molecule has 80 valence electrons. The fraction of sp³-hybridized carbons (Fsp3) is 0.182. The summed E-state index contributed by atoms with van der Waals surface area (Å²) in [5.74, 6) is 0. The Kier molecular flexibility index (Phi) is 2.16. The van der Waals surface area contributed by atoms with Gasteiger partial charge in [0, 0.05) is 0 Å². The first kappa shape index (κ1) is 9.75. The van der Waals surface area contributed by atoms with Crippen molar-refractivity contribution in [2.45, 2.75) is 13.5 Å². The van der Waals surface area contributed by atoms with Crippen LogP contribution in [0.2, 0.25) is 0 Å². The number of aryl methyl sites for hydroxylation is 1. The van der Waals surface area contributed by atoms with E-state index >= 15 is 0 Å². The molecule has 0 unspecified atom stereocenters. The summed E-state index contributed by atoms with van der Waals surface area (Å²) in [6.07, 6.45) is 1.83. The maximum atomic E-state index is 11.9. The van der Waals surface area contributed by atoms with Crippen molar-refractivity contribution in [2.24, 2.45) is 0 Å². The van der Waals surface area contributed by atoms with Gasteiger partial charge in [0.15, 0.2) is 0 Å². The molecule has 5 heteroatoms. The Labute approximate surface area is 97.8 Å². The van der Waals surface area contributed by atoms with Gasteiger partial charge in [-0.15, -0.1) is 0 Å². The molecule has 0 spiro atoms. The third kappa shape index (κ3) is 1.25. The van der Waals surface area contributed by atoms with E-state index in [1.165, 1.54) is 0 Å². The molecule has 0 amide bonds. The second kappa shape index (κ2) is 3.54. The van der Waals surface area contributed by atoms with Crippen molar-refractivity contribution < 1.29 is 0 Å². The molecule has 1 aromatic carbocycles. The Morgan fingerprint density at radius 3 is 3.00 bits per heavy atom. The third-order valence-corrected chi connectivity index (χ3v) is 3.85. The van der Waals surface area contributed by atoms with Crippen molar-refractivity contribution in [3.8, 4) is 0 Å². The second-order valence-electron chi connectivity index (χ2n) is 3.56. The Morgan fingerprint density at radius 2 is 2.19 bits per heavy atom. The molecule has 0 radical (unpaired) electrons. The van der Waals surface area contributed by atoms with Crippen LogP contribution in [0, 0.1) is 0 Å². The fourth-order valence-electron chi connectivity index (χ4n) is 1.92. The molecule has 0 aliphatic carbocycles. The van der Waals surface area contributed by atoms with Crippen LogP contribution in [0.4, 0.5) is 0 Å². The van der Waals surface area contributed by atoms with Gasteiger partial charge in [-0.05, 0) is 0 Å². The van der Waals surface area contributed by atoms with Crippen LogP contribution >= 0.6 is 0 Å². The van der Waals surface area contributed by atoms with E-state index in [0.29, 0.717) is 5.39 Å². The van der Waals surface area contributed by atoms with Gasteiger partial charge < -0.3 is 0 Å². The molecule has 16 heavy (non-hydrogen) atoms. The zero-order valence-corrected chi connectivity index (χ0v) is 10.4. The predicted molar refractivity (Wildman–Crippen MR) is 63.9 cm³/mol. The minimum absolute atomic E-state index is 0.0354. The van der Waals surface area contributed by atoms with Crippen LogP contribution in [-0.2, 0) is 6.54 Å². The van der Waals surface area contributed by atoms with Gasteiger partial charge >= 0.3 is 97.5 Å². The average Bonchev–Trinajstić information content (AvgIpc) is 2.77. The summed E-state index contributed by atoms with van der Waals surface area (Å²) in [5, 5.41) is 0.713. The zero-order valence-electron chi connectivity index (χ0n) is 8.67. The van der Waals surface area contributed by atoms with Crippen LogP contribution in [-0.4, -0.2) is 27.5 Å². The molecular formula is C11H9N3OSe. The van der Waals surface area contributed by atoms with Crippen LogP contribution in [0.25, 0.3) is 21.9 Å². The monoisotopic (exact) mass is 279 g/mol. The zero-order chi connectivity index (χ0) is 11.1. The Bertz CT molecular complexity index is 729. The van der Waals surface area contributed by atoms with Gasteiger partial charge in [0.2, 0.25) is 0 Å². The first-order valence-electron chi connectivity index (χ1n) is 5.05. The normalized spacial score (nSPS) is 11.3. The van der Waals surface area contributed by atoms with Gasteiger partial charge in [-0.25, -0.2) is 0 Å². The standard InChI is InChI=1S/C11H9N3OSe/c1-2-14-6-5-9(15)10-8(14)4-3-7-11(10)13-16-12-7/h3-6H,2H2,1H3. The Hall–Kier alpha value is -1.45. The topological polar surface area (TPSA) is 47.8 Å². The molecule has 0 saturated heterocycles. The Balaban J connectivity index is 2.64. The van der Waals surface area contributed by atoms with Crippen LogP contribution < -0.4 is 5.43 Å². The van der Waals surface area contributed by atoms with Gasteiger partial charge in [-0.3, -0.25) is 0 Å². The van der Waals surface area contributed by atoms with Crippen LogP contribution in [0.5, 0.6) is 0 Å². The number of hydrogen-bond acceptors (Lipinski definition) is 3. The fourth-order valence-corrected chi connectivity index (χ4v) is 3.06. The molecule has 3 aromatic rings. The first-order chi connectivity index (χ1) is 7.81. The minimum atomic E-state index is -0.0874. The molecule has 0 atom stereocenters. The van der Waals surface area contributed by atoms with Crippen molar-refractivity contribution in [3.63, 3.8) is 0 Å². The van der Waals surface area contributed by atoms with Gasteiger partial charge in [0.1, 0.15) is 0 Å². The number of fused-ring (bicyclic) bond motifs is 3. The summed E-state index contributed by atoms with van der Waals surface area (Å²) in [4.78, 5) is 11.9. The van der Waals surface area contributed by atoms with E-state index < -0.39 is 0 Å². The summed E-state index contributed by atoms with van der Waals surface area (Å²) in [6, 6.07) is 5.51. The van der Waals surface area contributed by atoms with Gasteiger partial charge in [0.25, 0.3) is 0 Å². The van der Waals surface area contributed by atoms with Crippen molar-refractivity contribution in [2.75, 3.05) is 0 Å². The van der Waals surface area contributed by atoms with Crippen LogP contribution in [0.3, 0.4) is 0 Å². The Morgan fingerprint density at radius 1 is 1.31 bits per heavy atom. The van der Waals surface area contributed by atoms with Crippen molar-refractivity contribution >= 4 is 36.9 Å². The number of pyridine rings is 1. The molecular weight excluding hydrogens is 269 g/mol. The van der Waals surface area contributed by atoms with Crippen LogP contribution in [0.15, 0.2) is 29.2 Å². The van der Waals surface area contributed by atoms with Crippen molar-refractivity contribution in [1.82, 2.24) is 12.5 Å². The number of aromatic nitrogens is 3. The van der Waals surface area contributed by atoms with Crippen molar-refractivity contribution in [1.29, 1.82) is 0 Å². The van der Waals surface area contributed by atoms with E-state index in [1.807, 2.05) is 18.3 Å². The van der Waals surface area contributed by atoms with Gasteiger partial charge in [0.05, 0.1) is 0 Å².